The van der Waals surface area contributed by atoms with Crippen LogP contribution in [-0.4, -0.2) is 46.3 Å². The number of nitrogens with one attached hydrogen (secondary N) is 1. The van der Waals surface area contributed by atoms with Gasteiger partial charge in [-0.1, -0.05) is 12.1 Å². The molecule has 0 bridgehead atoms. The maximum atomic E-state index is 12.6. The Morgan fingerprint density at radius 1 is 1.37 bits per heavy atom. The number of fused-ring (bicyclic) bond motifs is 1. The van der Waals surface area contributed by atoms with Gasteiger partial charge >= 0.3 is 0 Å². The van der Waals surface area contributed by atoms with Gasteiger partial charge in [-0.2, -0.15) is 5.10 Å². The van der Waals surface area contributed by atoms with Crippen molar-refractivity contribution in [3.05, 3.63) is 30.0 Å². The van der Waals surface area contributed by atoms with Crippen LogP contribution in [0.3, 0.4) is 0 Å². The second-order valence-corrected chi connectivity index (χ2v) is 5.11. The van der Waals surface area contributed by atoms with E-state index in [1.54, 1.807) is 6.20 Å². The van der Waals surface area contributed by atoms with Gasteiger partial charge in [0.15, 0.2) is 0 Å². The van der Waals surface area contributed by atoms with Gasteiger partial charge in [0.1, 0.15) is 0 Å². The summed E-state index contributed by atoms with van der Waals surface area (Å²) in [6.45, 7) is 5.25. The molecule has 2 heterocycles. The molecule has 5 nitrogen and oxygen atoms in total. The maximum Gasteiger partial charge on any atom is 0.256 e. The number of carbonyl (C=O) groups excluding carboxylic acids is 1. The van der Waals surface area contributed by atoms with E-state index >= 15 is 0 Å². The van der Waals surface area contributed by atoms with Crippen molar-refractivity contribution in [2.75, 3.05) is 13.1 Å². The molecule has 2 unspecified atom stereocenters. The van der Waals surface area contributed by atoms with E-state index in [1.807, 2.05) is 36.9 Å². The van der Waals surface area contributed by atoms with E-state index < -0.39 is 0 Å². The lowest BCUT2D eigenvalue weighted by Gasteiger charge is -2.35. The lowest BCUT2D eigenvalue weighted by Crippen LogP contribution is -2.48. The van der Waals surface area contributed by atoms with E-state index in [2.05, 4.69) is 10.2 Å². The van der Waals surface area contributed by atoms with Crippen LogP contribution in [0.2, 0.25) is 0 Å². The summed E-state index contributed by atoms with van der Waals surface area (Å²) in [6.07, 6.45) is 1.89. The average molecular weight is 259 g/mol. The maximum absolute atomic E-state index is 12.6. The first-order valence-corrected chi connectivity index (χ1v) is 6.52. The van der Waals surface area contributed by atoms with Gasteiger partial charge in [0, 0.05) is 18.5 Å². The first-order chi connectivity index (χ1) is 9.15. The first-order valence-electron chi connectivity index (χ1n) is 6.52. The largest absolute Gasteiger partial charge is 0.372 e. The van der Waals surface area contributed by atoms with Crippen LogP contribution in [0.5, 0.6) is 0 Å². The van der Waals surface area contributed by atoms with Crippen LogP contribution >= 0.6 is 0 Å². The van der Waals surface area contributed by atoms with Gasteiger partial charge in [-0.3, -0.25) is 9.89 Å². The third-order valence-corrected chi connectivity index (χ3v) is 3.41. The predicted molar refractivity (Wildman–Crippen MR) is 72.0 cm³/mol. The topological polar surface area (TPSA) is 58.2 Å². The predicted octanol–water partition coefficient (Wildman–Crippen LogP) is 1.81. The van der Waals surface area contributed by atoms with Crippen LogP contribution in [-0.2, 0) is 4.74 Å². The van der Waals surface area contributed by atoms with Gasteiger partial charge in [-0.15, -0.1) is 0 Å². The van der Waals surface area contributed by atoms with Gasteiger partial charge in [0.25, 0.3) is 5.91 Å². The van der Waals surface area contributed by atoms with Crippen LogP contribution in [0.4, 0.5) is 0 Å². The van der Waals surface area contributed by atoms with E-state index in [0.29, 0.717) is 18.7 Å². The van der Waals surface area contributed by atoms with Gasteiger partial charge in [-0.25, -0.2) is 0 Å². The Morgan fingerprint density at radius 3 is 2.84 bits per heavy atom. The van der Waals surface area contributed by atoms with E-state index in [9.17, 15) is 4.79 Å². The number of amides is 1. The molecule has 1 amide bonds. The number of hydrogen-bond acceptors (Lipinski definition) is 3. The Bertz CT molecular complexity index is 598. The van der Waals surface area contributed by atoms with Crippen LogP contribution in [0, 0.1) is 0 Å². The normalized spacial score (nSPS) is 23.8. The van der Waals surface area contributed by atoms with E-state index in [-0.39, 0.29) is 18.1 Å². The Kier molecular flexibility index (Phi) is 2.98. The molecule has 0 radical (unpaired) electrons. The van der Waals surface area contributed by atoms with Crippen molar-refractivity contribution in [2.24, 2.45) is 0 Å². The summed E-state index contributed by atoms with van der Waals surface area (Å²) >= 11 is 0. The van der Waals surface area contributed by atoms with Gasteiger partial charge < -0.3 is 9.64 Å². The van der Waals surface area contributed by atoms with Crippen molar-refractivity contribution < 1.29 is 9.53 Å². The van der Waals surface area contributed by atoms with Gasteiger partial charge in [0.2, 0.25) is 0 Å². The summed E-state index contributed by atoms with van der Waals surface area (Å²) in [4.78, 5) is 14.5. The van der Waals surface area contributed by atoms with Crippen LogP contribution in [0.25, 0.3) is 10.9 Å². The standard InChI is InChI=1S/C14H17N3O2/c1-9-7-17(8-10(2)19-9)14(18)12-5-3-4-11-6-15-16-13(11)12/h3-6,9-10H,7-8H2,1-2H3,(H,15,16). The minimum absolute atomic E-state index is 0.0388. The molecule has 100 valence electrons. The number of ether oxygens (including phenoxy) is 1. The first kappa shape index (κ1) is 12.2. The molecule has 1 aliphatic rings. The molecule has 1 saturated heterocycles. The molecule has 19 heavy (non-hydrogen) atoms. The summed E-state index contributed by atoms with van der Waals surface area (Å²) in [5.41, 5.74) is 1.48. The number of morpholine rings is 1. The second kappa shape index (κ2) is 4.66. The zero-order chi connectivity index (χ0) is 13.4. The van der Waals surface area contributed by atoms with Crippen molar-refractivity contribution >= 4 is 16.8 Å². The lowest BCUT2D eigenvalue weighted by molar-refractivity contribution is -0.0585. The highest BCUT2D eigenvalue weighted by molar-refractivity contribution is 6.05. The number of carbonyl (C=O) groups is 1. The second-order valence-electron chi connectivity index (χ2n) is 5.11. The minimum Gasteiger partial charge on any atom is -0.372 e. The summed E-state index contributed by atoms with van der Waals surface area (Å²) in [6, 6.07) is 5.67. The van der Waals surface area contributed by atoms with E-state index in [0.717, 1.165) is 10.9 Å². The summed E-state index contributed by atoms with van der Waals surface area (Å²) < 4.78 is 5.66. The number of hydrogen-bond donors (Lipinski definition) is 1. The van der Waals surface area contributed by atoms with Crippen molar-refractivity contribution in [1.82, 2.24) is 15.1 Å². The fourth-order valence-corrected chi connectivity index (χ4v) is 2.66. The molecule has 1 fully saturated rings. The smallest absolute Gasteiger partial charge is 0.256 e. The number of rotatable bonds is 1. The summed E-state index contributed by atoms with van der Waals surface area (Å²) in [5.74, 6) is 0.0388. The molecular formula is C14H17N3O2. The minimum atomic E-state index is 0.0388. The zero-order valence-corrected chi connectivity index (χ0v) is 11.1. The fourth-order valence-electron chi connectivity index (χ4n) is 2.66. The molecule has 1 N–H and O–H groups in total. The third kappa shape index (κ3) is 2.21. The van der Waals surface area contributed by atoms with Gasteiger partial charge in [-0.05, 0) is 19.9 Å². The third-order valence-electron chi connectivity index (χ3n) is 3.41. The quantitative estimate of drug-likeness (QED) is 0.849. The molecule has 1 aromatic heterocycles. The van der Waals surface area contributed by atoms with Crippen LogP contribution < -0.4 is 0 Å². The van der Waals surface area contributed by atoms with Crippen molar-refractivity contribution in [3.63, 3.8) is 0 Å². The number of aromatic amines is 1. The molecule has 0 saturated carbocycles. The number of H-pyrrole nitrogens is 1. The SMILES string of the molecule is CC1CN(C(=O)c2cccc3cn[nH]c23)CC(C)O1. The molecule has 3 rings (SSSR count). The highest BCUT2D eigenvalue weighted by atomic mass is 16.5. The lowest BCUT2D eigenvalue weighted by atomic mass is 10.1. The zero-order valence-electron chi connectivity index (χ0n) is 11.1. The van der Waals surface area contributed by atoms with E-state index in [1.165, 1.54) is 0 Å². The fraction of sp³-hybridized carbons (Fsp3) is 0.429. The molecule has 2 aromatic rings. The number of para-hydroxylation sites is 1. The van der Waals surface area contributed by atoms with Crippen LogP contribution in [0.1, 0.15) is 24.2 Å². The van der Waals surface area contributed by atoms with E-state index in [4.69, 9.17) is 4.74 Å². The Hall–Kier alpha value is -1.88. The Balaban J connectivity index is 1.93. The highest BCUT2D eigenvalue weighted by Crippen LogP contribution is 2.20. The molecule has 2 atom stereocenters. The molecule has 0 aliphatic carbocycles. The number of aromatic nitrogens is 2. The van der Waals surface area contributed by atoms with Crippen molar-refractivity contribution in [2.45, 2.75) is 26.1 Å². The molecule has 0 spiro atoms. The van der Waals surface area contributed by atoms with Crippen molar-refractivity contribution in [3.8, 4) is 0 Å². The summed E-state index contributed by atoms with van der Waals surface area (Å²) in [5, 5.41) is 7.86. The summed E-state index contributed by atoms with van der Waals surface area (Å²) in [7, 11) is 0. The molecule has 1 aliphatic heterocycles. The Morgan fingerprint density at radius 2 is 2.11 bits per heavy atom. The van der Waals surface area contributed by atoms with Gasteiger partial charge in [0.05, 0.1) is 29.5 Å². The van der Waals surface area contributed by atoms with Crippen molar-refractivity contribution in [1.29, 1.82) is 0 Å². The molecule has 5 heteroatoms. The monoisotopic (exact) mass is 259 g/mol. The Labute approximate surface area is 111 Å². The molecular weight excluding hydrogens is 242 g/mol. The number of nitrogens with zero attached hydrogens (tertiary/aromatic N) is 2. The average Bonchev–Trinajstić information content (AvgIpc) is 2.84. The molecule has 1 aromatic carbocycles. The van der Waals surface area contributed by atoms with Crippen LogP contribution in [0.15, 0.2) is 24.4 Å². The number of benzene rings is 1. The highest BCUT2D eigenvalue weighted by Gasteiger charge is 2.27.